The second kappa shape index (κ2) is 6.95. The minimum absolute atomic E-state index is 1.60. The molecule has 0 unspecified atom stereocenters. The molecule has 0 aromatic rings. The zero-order valence-electron chi connectivity index (χ0n) is 5.74. The number of hydrogen-bond donors (Lipinski definition) is 0. The number of nitrogens with zero attached hydrogens (tertiary/aromatic N) is 1. The second-order valence-electron chi connectivity index (χ2n) is 1.36. The zero-order chi connectivity index (χ0) is 6.95. The van der Waals surface area contributed by atoms with Crippen molar-refractivity contribution in [3.8, 4) is 0 Å². The number of rotatable bonds is 3. The van der Waals surface area contributed by atoms with Gasteiger partial charge in [-0.2, -0.15) is 0 Å². The first-order valence-corrected chi connectivity index (χ1v) is 2.68. The Morgan fingerprint density at radius 1 is 1.22 bits per heavy atom. The Kier molecular flexibility index (Phi) is 6.14. The Labute approximate surface area is 55.6 Å². The van der Waals surface area contributed by atoms with E-state index in [9.17, 15) is 0 Å². The highest BCUT2D eigenvalue weighted by Gasteiger charge is 1.59. The number of ether oxygens (including phenoxy) is 1. The Balaban J connectivity index is 3.35. The molecule has 0 aliphatic rings. The van der Waals surface area contributed by atoms with Crippen LogP contribution >= 0.6 is 0 Å². The van der Waals surface area contributed by atoms with E-state index in [4.69, 9.17) is 0 Å². The number of allylic oxidation sites excluding steroid dienone is 3. The molecule has 0 rings (SSSR count). The zero-order valence-corrected chi connectivity index (χ0v) is 5.74. The number of hydrogen-bond acceptors (Lipinski definition) is 2. The van der Waals surface area contributed by atoms with Crippen molar-refractivity contribution in [2.75, 3.05) is 14.2 Å². The minimum Gasteiger partial charge on any atom is -0.504 e. The third-order valence-corrected chi connectivity index (χ3v) is 0.672. The maximum atomic E-state index is 4.65. The van der Waals surface area contributed by atoms with Gasteiger partial charge in [0.25, 0.3) is 0 Å². The quantitative estimate of drug-likeness (QED) is 0.317. The molecular formula is C7H11NO. The summed E-state index contributed by atoms with van der Waals surface area (Å²) in [4.78, 5) is 3.75. The summed E-state index contributed by atoms with van der Waals surface area (Å²) in [5.41, 5.74) is 0. The van der Waals surface area contributed by atoms with Crippen LogP contribution in [0.2, 0.25) is 0 Å². The summed E-state index contributed by atoms with van der Waals surface area (Å²) < 4.78 is 4.65. The van der Waals surface area contributed by atoms with Gasteiger partial charge in [-0.05, 0) is 12.2 Å². The van der Waals surface area contributed by atoms with Gasteiger partial charge in [0.2, 0.25) is 0 Å². The molecule has 0 aromatic heterocycles. The minimum atomic E-state index is 1.60. The normalized spacial score (nSPS) is 12.2. The van der Waals surface area contributed by atoms with Crippen molar-refractivity contribution in [3.05, 3.63) is 24.5 Å². The molecule has 50 valence electrons. The average molecular weight is 125 g/mol. The van der Waals surface area contributed by atoms with E-state index in [0.29, 0.717) is 0 Å². The molecule has 2 heteroatoms. The first-order valence-electron chi connectivity index (χ1n) is 2.68. The van der Waals surface area contributed by atoms with Crippen molar-refractivity contribution in [3.63, 3.8) is 0 Å². The van der Waals surface area contributed by atoms with Crippen LogP contribution in [0, 0.1) is 0 Å². The lowest BCUT2D eigenvalue weighted by atomic mass is 10.5. The van der Waals surface area contributed by atoms with E-state index in [1.54, 1.807) is 32.7 Å². The lowest BCUT2D eigenvalue weighted by molar-refractivity contribution is 0.338. The van der Waals surface area contributed by atoms with Gasteiger partial charge in [-0.15, -0.1) is 0 Å². The number of aliphatic imine (C=N–C) groups is 1. The van der Waals surface area contributed by atoms with E-state index < -0.39 is 0 Å². The van der Waals surface area contributed by atoms with Gasteiger partial charge in [-0.1, -0.05) is 6.08 Å². The van der Waals surface area contributed by atoms with E-state index in [0.717, 1.165) is 0 Å². The van der Waals surface area contributed by atoms with Crippen LogP contribution in [0.25, 0.3) is 0 Å². The van der Waals surface area contributed by atoms with Gasteiger partial charge < -0.3 is 4.74 Å². The van der Waals surface area contributed by atoms with Gasteiger partial charge >= 0.3 is 0 Å². The Bertz CT molecular complexity index is 125. The van der Waals surface area contributed by atoms with Gasteiger partial charge in [0.15, 0.2) is 0 Å². The topological polar surface area (TPSA) is 21.6 Å². The lowest BCUT2D eigenvalue weighted by Crippen LogP contribution is -1.63. The van der Waals surface area contributed by atoms with E-state index in [1.165, 1.54) is 0 Å². The molecule has 0 bridgehead atoms. The molecule has 9 heavy (non-hydrogen) atoms. The highest BCUT2D eigenvalue weighted by Crippen LogP contribution is 1.74. The maximum absolute atomic E-state index is 4.65. The molecule has 0 aromatic carbocycles. The molecule has 2 nitrogen and oxygen atoms in total. The summed E-state index contributed by atoms with van der Waals surface area (Å²) in [6.07, 6.45) is 8.77. The van der Waals surface area contributed by atoms with Crippen LogP contribution in [0.4, 0.5) is 0 Å². The van der Waals surface area contributed by atoms with Gasteiger partial charge in [0, 0.05) is 13.3 Å². The predicted octanol–water partition coefficient (Wildman–Crippen LogP) is 1.40. The predicted molar refractivity (Wildman–Crippen MR) is 39.7 cm³/mol. The van der Waals surface area contributed by atoms with Crippen molar-refractivity contribution in [2.24, 2.45) is 4.99 Å². The van der Waals surface area contributed by atoms with Gasteiger partial charge in [0.05, 0.1) is 13.4 Å². The summed E-state index contributed by atoms with van der Waals surface area (Å²) >= 11 is 0. The van der Waals surface area contributed by atoms with Gasteiger partial charge in [-0.25, -0.2) is 0 Å². The van der Waals surface area contributed by atoms with E-state index >= 15 is 0 Å². The summed E-state index contributed by atoms with van der Waals surface area (Å²) in [7, 11) is 3.34. The van der Waals surface area contributed by atoms with Crippen LogP contribution in [0.15, 0.2) is 29.5 Å². The van der Waals surface area contributed by atoms with Gasteiger partial charge in [-0.3, -0.25) is 4.99 Å². The fourth-order valence-electron chi connectivity index (χ4n) is 0.324. The summed E-state index contributed by atoms with van der Waals surface area (Å²) in [5, 5.41) is 0. The first kappa shape index (κ1) is 7.95. The Hall–Kier alpha value is -1.05. The molecule has 0 atom stereocenters. The smallest absolute Gasteiger partial charge is 0.0824 e. The monoisotopic (exact) mass is 125 g/mol. The maximum Gasteiger partial charge on any atom is 0.0824 e. The average Bonchev–Trinajstić information content (AvgIpc) is 1.89. The SMILES string of the molecule is CN=C/C=C\C=C\OC. The van der Waals surface area contributed by atoms with Crippen LogP contribution in [0.5, 0.6) is 0 Å². The first-order chi connectivity index (χ1) is 4.41. The van der Waals surface area contributed by atoms with E-state index in [1.807, 2.05) is 12.2 Å². The molecular weight excluding hydrogens is 114 g/mol. The largest absolute Gasteiger partial charge is 0.504 e. The standard InChI is InChI=1S/C7H11NO/c1-8-6-4-3-5-7-9-2/h3-7H,1-2H3/b4-3-,7-5+,8-6?. The van der Waals surface area contributed by atoms with Crippen LogP contribution in [-0.4, -0.2) is 20.4 Å². The molecule has 0 amide bonds. The highest BCUT2D eigenvalue weighted by molar-refractivity contribution is 5.71. The third-order valence-electron chi connectivity index (χ3n) is 0.672. The lowest BCUT2D eigenvalue weighted by Gasteiger charge is -1.79. The molecule has 0 radical (unpaired) electrons. The van der Waals surface area contributed by atoms with Crippen molar-refractivity contribution in [1.82, 2.24) is 0 Å². The van der Waals surface area contributed by atoms with Crippen LogP contribution in [0.1, 0.15) is 0 Å². The molecule has 0 saturated heterocycles. The van der Waals surface area contributed by atoms with Crippen LogP contribution in [0.3, 0.4) is 0 Å². The van der Waals surface area contributed by atoms with Crippen molar-refractivity contribution < 1.29 is 4.74 Å². The Morgan fingerprint density at radius 2 is 2.00 bits per heavy atom. The molecule has 0 N–H and O–H groups in total. The molecule has 0 heterocycles. The Morgan fingerprint density at radius 3 is 2.56 bits per heavy atom. The van der Waals surface area contributed by atoms with Gasteiger partial charge in [0.1, 0.15) is 0 Å². The third kappa shape index (κ3) is 6.95. The van der Waals surface area contributed by atoms with E-state index in [-0.39, 0.29) is 0 Å². The molecule has 0 fully saturated rings. The summed E-state index contributed by atoms with van der Waals surface area (Å²) in [5.74, 6) is 0. The second-order valence-corrected chi connectivity index (χ2v) is 1.36. The summed E-state index contributed by atoms with van der Waals surface area (Å²) in [6, 6.07) is 0. The highest BCUT2D eigenvalue weighted by atomic mass is 16.5. The van der Waals surface area contributed by atoms with Crippen LogP contribution < -0.4 is 0 Å². The fraction of sp³-hybridized carbons (Fsp3) is 0.286. The molecule has 0 aliphatic carbocycles. The van der Waals surface area contributed by atoms with Crippen molar-refractivity contribution >= 4 is 6.21 Å². The van der Waals surface area contributed by atoms with Crippen molar-refractivity contribution in [1.29, 1.82) is 0 Å². The van der Waals surface area contributed by atoms with Crippen LogP contribution in [-0.2, 0) is 4.74 Å². The fourth-order valence-corrected chi connectivity index (χ4v) is 0.324. The molecule has 0 aliphatic heterocycles. The molecule has 0 spiro atoms. The summed E-state index contributed by atoms with van der Waals surface area (Å²) in [6.45, 7) is 0. The molecule has 0 saturated carbocycles. The number of methoxy groups -OCH3 is 1. The van der Waals surface area contributed by atoms with E-state index in [2.05, 4.69) is 9.73 Å². The van der Waals surface area contributed by atoms with Crippen molar-refractivity contribution in [2.45, 2.75) is 0 Å².